The predicted octanol–water partition coefficient (Wildman–Crippen LogP) is 0.594. The fraction of sp³-hybridized carbons (Fsp3) is 0.0833. The molecule has 0 unspecified atom stereocenters. The van der Waals surface area contributed by atoms with Crippen molar-refractivity contribution in [2.45, 2.75) is 6.61 Å². The molecule has 0 radical (unpaired) electrons. The maximum atomic E-state index is 12.4. The van der Waals surface area contributed by atoms with Crippen LogP contribution in [-0.2, 0) is 16.7 Å². The van der Waals surface area contributed by atoms with E-state index < -0.39 is 15.7 Å². The van der Waals surface area contributed by atoms with Crippen LogP contribution in [-0.4, -0.2) is 39.2 Å². The zero-order valence-corrected chi connectivity index (χ0v) is 19.4. The molecule has 10 nitrogen and oxygen atoms in total. The first kappa shape index (κ1) is 25.3. The largest absolute Gasteiger partial charge is 0.487 e. The Morgan fingerprint density at radius 1 is 0.914 bits per heavy atom. The van der Waals surface area contributed by atoms with E-state index in [1.807, 2.05) is 42.5 Å². The molecule has 0 atom stereocenters. The van der Waals surface area contributed by atoms with Gasteiger partial charge in [-0.3, -0.25) is 24.1 Å². The number of benzene rings is 1. The third kappa shape index (κ3) is 8.84. The van der Waals surface area contributed by atoms with Gasteiger partial charge in [0.1, 0.15) is 23.1 Å². The summed E-state index contributed by atoms with van der Waals surface area (Å²) in [6.07, 6.45) is 8.83. The minimum atomic E-state index is -3.67. The number of H-pyrrole nitrogens is 2. The van der Waals surface area contributed by atoms with Crippen molar-refractivity contribution in [1.82, 2.24) is 19.9 Å². The van der Waals surface area contributed by atoms with Gasteiger partial charge < -0.3 is 14.7 Å². The standard InChI is InChI=1S/C23H18N4O3.CH4O3S/c28-22-20(12-16-4-2-1-3-5-16)26-23(29)21(27-22)13-18-6-7-19(14-25-18)30-15-17-8-10-24-11-9-17;1-5(2,3)4/h1-14H,15H2,(H,26,29)(H,27,28);1H3,(H,2,3,4)/b20-12+,21-13-;. The van der Waals surface area contributed by atoms with E-state index >= 15 is 0 Å². The predicted molar refractivity (Wildman–Crippen MR) is 131 cm³/mol. The summed E-state index contributed by atoms with van der Waals surface area (Å²) in [6, 6.07) is 16.5. The summed E-state index contributed by atoms with van der Waals surface area (Å²) in [5, 5.41) is 0.319. The number of hydrogen-bond acceptors (Lipinski definition) is 7. The molecule has 0 bridgehead atoms. The Kier molecular flexibility index (Phi) is 8.43. The highest BCUT2D eigenvalue weighted by Gasteiger charge is 2.00. The number of ether oxygens (including phenoxy) is 1. The van der Waals surface area contributed by atoms with E-state index in [1.54, 1.807) is 36.8 Å². The van der Waals surface area contributed by atoms with E-state index in [1.165, 1.54) is 6.08 Å². The normalized spacial score (nSPS) is 12.1. The number of pyridine rings is 2. The van der Waals surface area contributed by atoms with Crippen molar-refractivity contribution in [3.05, 3.63) is 121 Å². The topological polar surface area (TPSA) is 155 Å². The first-order chi connectivity index (χ1) is 16.7. The SMILES string of the molecule is CS(=O)(=O)O.O=c1[nH]/c(=C/c2ccccc2)c(=O)[nH]/c1=C\c1ccc(OCc2ccncc2)cn1. The summed E-state index contributed by atoms with van der Waals surface area (Å²) in [5.74, 6) is 0.596. The lowest BCUT2D eigenvalue weighted by molar-refractivity contribution is 0.305. The van der Waals surface area contributed by atoms with Crippen LogP contribution in [0.1, 0.15) is 16.8 Å². The third-order valence-electron chi connectivity index (χ3n) is 4.30. The summed E-state index contributed by atoms with van der Waals surface area (Å²) in [7, 11) is -3.67. The van der Waals surface area contributed by atoms with Gasteiger partial charge in [-0.25, -0.2) is 0 Å². The molecule has 0 fully saturated rings. The van der Waals surface area contributed by atoms with Crippen LogP contribution >= 0.6 is 0 Å². The second-order valence-electron chi connectivity index (χ2n) is 7.23. The van der Waals surface area contributed by atoms with Gasteiger partial charge in [0.15, 0.2) is 0 Å². The molecule has 0 spiro atoms. The Labute approximate surface area is 200 Å². The fourth-order valence-corrected chi connectivity index (χ4v) is 2.77. The van der Waals surface area contributed by atoms with Crippen LogP contribution in [0.3, 0.4) is 0 Å². The van der Waals surface area contributed by atoms with Gasteiger partial charge in [-0.1, -0.05) is 30.3 Å². The summed E-state index contributed by atoms with van der Waals surface area (Å²) >= 11 is 0. The first-order valence-electron chi connectivity index (χ1n) is 10.2. The second-order valence-corrected chi connectivity index (χ2v) is 8.70. The molecule has 4 aromatic rings. The zero-order valence-electron chi connectivity index (χ0n) is 18.6. The number of hydrogen-bond donors (Lipinski definition) is 3. The molecule has 4 rings (SSSR count). The number of nitrogens with one attached hydrogen (secondary N) is 2. The fourth-order valence-electron chi connectivity index (χ4n) is 2.77. The van der Waals surface area contributed by atoms with E-state index in [4.69, 9.17) is 9.29 Å². The van der Waals surface area contributed by atoms with Crippen LogP contribution in [0.5, 0.6) is 5.75 Å². The number of rotatable bonds is 5. The summed E-state index contributed by atoms with van der Waals surface area (Å²) in [6.45, 7) is 0.402. The van der Waals surface area contributed by atoms with E-state index in [-0.39, 0.29) is 16.3 Å². The highest BCUT2D eigenvalue weighted by atomic mass is 32.2. The van der Waals surface area contributed by atoms with Gasteiger partial charge in [-0.15, -0.1) is 0 Å². The highest BCUT2D eigenvalue weighted by molar-refractivity contribution is 7.85. The van der Waals surface area contributed by atoms with Crippen molar-refractivity contribution in [3.63, 3.8) is 0 Å². The van der Waals surface area contributed by atoms with Gasteiger partial charge in [0.05, 0.1) is 18.1 Å². The molecule has 180 valence electrons. The van der Waals surface area contributed by atoms with Gasteiger partial charge in [-0.05, 0) is 47.5 Å². The number of aromatic amines is 2. The summed E-state index contributed by atoms with van der Waals surface area (Å²) < 4.78 is 31.5. The summed E-state index contributed by atoms with van der Waals surface area (Å²) in [4.78, 5) is 38.2. The highest BCUT2D eigenvalue weighted by Crippen LogP contribution is 2.11. The molecule has 0 amide bonds. The van der Waals surface area contributed by atoms with Crippen molar-refractivity contribution in [3.8, 4) is 5.75 Å². The monoisotopic (exact) mass is 494 g/mol. The molecule has 0 aliphatic rings. The van der Waals surface area contributed by atoms with Crippen molar-refractivity contribution in [2.75, 3.05) is 6.26 Å². The smallest absolute Gasteiger partial charge is 0.272 e. The van der Waals surface area contributed by atoms with Crippen molar-refractivity contribution < 1.29 is 17.7 Å². The third-order valence-corrected chi connectivity index (χ3v) is 4.30. The van der Waals surface area contributed by atoms with Crippen LogP contribution in [0, 0.1) is 0 Å². The van der Waals surface area contributed by atoms with E-state index in [9.17, 15) is 18.0 Å². The van der Waals surface area contributed by atoms with Crippen LogP contribution in [0.2, 0.25) is 0 Å². The Hall–Kier alpha value is -4.35. The van der Waals surface area contributed by atoms with Crippen LogP contribution < -0.4 is 26.6 Å². The van der Waals surface area contributed by atoms with Gasteiger partial charge in [-0.2, -0.15) is 8.42 Å². The lowest BCUT2D eigenvalue weighted by atomic mass is 10.2. The molecule has 0 aliphatic heterocycles. The van der Waals surface area contributed by atoms with Gasteiger partial charge in [0, 0.05) is 12.4 Å². The molecule has 3 N–H and O–H groups in total. The molecule has 0 saturated carbocycles. The van der Waals surface area contributed by atoms with Gasteiger partial charge in [0.2, 0.25) is 0 Å². The maximum absolute atomic E-state index is 12.4. The van der Waals surface area contributed by atoms with Gasteiger partial charge >= 0.3 is 0 Å². The van der Waals surface area contributed by atoms with E-state index in [0.717, 1.165) is 11.1 Å². The molecular formula is C24H22N4O6S. The van der Waals surface area contributed by atoms with Gasteiger partial charge in [0.25, 0.3) is 21.2 Å². The molecule has 3 aromatic heterocycles. The van der Waals surface area contributed by atoms with Crippen LogP contribution in [0.4, 0.5) is 0 Å². The zero-order chi connectivity index (χ0) is 25.3. The molecule has 0 aliphatic carbocycles. The molecular weight excluding hydrogens is 472 g/mol. The maximum Gasteiger partial charge on any atom is 0.272 e. The second kappa shape index (κ2) is 11.7. The molecule has 0 saturated heterocycles. The minimum Gasteiger partial charge on any atom is -0.487 e. The van der Waals surface area contributed by atoms with Crippen LogP contribution in [0.25, 0.3) is 12.2 Å². The van der Waals surface area contributed by atoms with Crippen molar-refractivity contribution in [1.29, 1.82) is 0 Å². The lowest BCUT2D eigenvalue weighted by Gasteiger charge is -2.05. The van der Waals surface area contributed by atoms with E-state index in [0.29, 0.717) is 24.3 Å². The quantitative estimate of drug-likeness (QED) is 0.341. The average molecular weight is 495 g/mol. The molecule has 1 aromatic carbocycles. The Balaban J connectivity index is 0.000000623. The van der Waals surface area contributed by atoms with E-state index in [2.05, 4.69) is 19.9 Å². The molecule has 11 heteroatoms. The average Bonchev–Trinajstić information content (AvgIpc) is 2.82. The summed E-state index contributed by atoms with van der Waals surface area (Å²) in [5.41, 5.74) is 1.54. The Morgan fingerprint density at radius 3 is 2.09 bits per heavy atom. The minimum absolute atomic E-state index is 0.128. The Morgan fingerprint density at radius 2 is 1.51 bits per heavy atom. The Bertz CT molecular complexity index is 1590. The van der Waals surface area contributed by atoms with Crippen LogP contribution in [0.15, 0.2) is 82.8 Å². The molecule has 35 heavy (non-hydrogen) atoms. The lowest BCUT2D eigenvalue weighted by Crippen LogP contribution is -2.46. The molecule has 3 heterocycles. The number of nitrogens with zero attached hydrogens (tertiary/aromatic N) is 2. The number of aromatic nitrogens is 4. The van der Waals surface area contributed by atoms with Crippen molar-refractivity contribution in [2.24, 2.45) is 0 Å². The van der Waals surface area contributed by atoms with Crippen molar-refractivity contribution >= 4 is 22.3 Å². The first-order valence-corrected chi connectivity index (χ1v) is 12.0.